The zero-order chi connectivity index (χ0) is 16.8. The van der Waals surface area contributed by atoms with E-state index in [0.717, 1.165) is 38.3 Å². The van der Waals surface area contributed by atoms with E-state index >= 15 is 0 Å². The molecule has 1 aliphatic heterocycles. The number of piperazine rings is 1. The first kappa shape index (κ1) is 16.5. The monoisotopic (exact) mass is 320 g/mol. The van der Waals surface area contributed by atoms with E-state index in [9.17, 15) is 4.79 Å². The second-order valence-corrected chi connectivity index (χ2v) is 6.08. The maximum atomic E-state index is 12.3. The summed E-state index contributed by atoms with van der Waals surface area (Å²) in [7, 11) is 0. The van der Waals surface area contributed by atoms with Gasteiger partial charge in [0, 0.05) is 32.3 Å². The fourth-order valence-electron chi connectivity index (χ4n) is 3.01. The first-order valence-electron chi connectivity index (χ1n) is 8.61. The summed E-state index contributed by atoms with van der Waals surface area (Å²) in [6.45, 7) is 6.81. The number of benzene rings is 2. The van der Waals surface area contributed by atoms with E-state index in [1.165, 1.54) is 11.1 Å². The zero-order valence-corrected chi connectivity index (χ0v) is 14.2. The third-order valence-corrected chi connectivity index (χ3v) is 4.54. The smallest absolute Gasteiger partial charge is 0.246 e. The maximum absolute atomic E-state index is 12.3. The predicted octanol–water partition coefficient (Wildman–Crippen LogP) is 3.53. The average molecular weight is 320 g/mol. The van der Waals surface area contributed by atoms with E-state index < -0.39 is 0 Å². The Bertz CT molecular complexity index is 701. The van der Waals surface area contributed by atoms with Gasteiger partial charge in [-0.25, -0.2) is 0 Å². The second-order valence-electron chi connectivity index (χ2n) is 6.08. The van der Waals surface area contributed by atoms with Gasteiger partial charge in [-0.15, -0.1) is 0 Å². The van der Waals surface area contributed by atoms with Crippen LogP contribution in [0.15, 0.2) is 60.7 Å². The summed E-state index contributed by atoms with van der Waals surface area (Å²) in [5, 5.41) is 0. The van der Waals surface area contributed by atoms with Crippen molar-refractivity contribution in [3.63, 3.8) is 0 Å². The van der Waals surface area contributed by atoms with Crippen molar-refractivity contribution in [2.24, 2.45) is 0 Å². The molecule has 3 rings (SSSR count). The van der Waals surface area contributed by atoms with Crippen molar-refractivity contribution in [1.82, 2.24) is 9.80 Å². The average Bonchev–Trinajstić information content (AvgIpc) is 2.67. The van der Waals surface area contributed by atoms with Gasteiger partial charge in [-0.3, -0.25) is 4.79 Å². The lowest BCUT2D eigenvalue weighted by Crippen LogP contribution is -2.48. The lowest BCUT2D eigenvalue weighted by molar-refractivity contribution is -0.127. The number of nitrogens with zero attached hydrogens (tertiary/aromatic N) is 2. The summed E-state index contributed by atoms with van der Waals surface area (Å²) in [4.78, 5) is 16.6. The third kappa shape index (κ3) is 4.12. The van der Waals surface area contributed by atoms with Crippen LogP contribution in [0.25, 0.3) is 17.2 Å². The van der Waals surface area contributed by atoms with Crippen LogP contribution in [-0.4, -0.2) is 48.4 Å². The highest BCUT2D eigenvalue weighted by Gasteiger charge is 2.18. The van der Waals surface area contributed by atoms with Gasteiger partial charge in [-0.05, 0) is 35.4 Å². The molecule has 0 aliphatic carbocycles. The van der Waals surface area contributed by atoms with Gasteiger partial charge >= 0.3 is 0 Å². The molecule has 1 fully saturated rings. The summed E-state index contributed by atoms with van der Waals surface area (Å²) in [6.07, 6.45) is 3.62. The summed E-state index contributed by atoms with van der Waals surface area (Å²) in [5.74, 6) is 0.107. The number of rotatable bonds is 4. The molecule has 2 aromatic carbocycles. The lowest BCUT2D eigenvalue weighted by atomic mass is 10.0. The maximum Gasteiger partial charge on any atom is 0.246 e. The SMILES string of the molecule is CCN1CCN(C(=O)/C=C/c2cccc(-c3ccccc3)c2)CC1. The van der Waals surface area contributed by atoms with Crippen molar-refractivity contribution in [3.8, 4) is 11.1 Å². The zero-order valence-electron chi connectivity index (χ0n) is 14.2. The van der Waals surface area contributed by atoms with Gasteiger partial charge in [-0.1, -0.05) is 55.5 Å². The van der Waals surface area contributed by atoms with Crippen LogP contribution in [0.1, 0.15) is 12.5 Å². The van der Waals surface area contributed by atoms with Crippen molar-refractivity contribution >= 4 is 12.0 Å². The largest absolute Gasteiger partial charge is 0.337 e. The van der Waals surface area contributed by atoms with E-state index in [2.05, 4.69) is 36.1 Å². The molecule has 24 heavy (non-hydrogen) atoms. The normalized spacial score (nSPS) is 15.8. The molecule has 124 valence electrons. The molecule has 0 unspecified atom stereocenters. The molecule has 0 saturated carbocycles. The van der Waals surface area contributed by atoms with Crippen LogP contribution in [0.3, 0.4) is 0 Å². The second kappa shape index (κ2) is 7.93. The van der Waals surface area contributed by atoms with Crippen molar-refractivity contribution in [3.05, 3.63) is 66.2 Å². The van der Waals surface area contributed by atoms with Crippen LogP contribution in [0, 0.1) is 0 Å². The quantitative estimate of drug-likeness (QED) is 0.805. The van der Waals surface area contributed by atoms with Crippen molar-refractivity contribution in [2.45, 2.75) is 6.92 Å². The predicted molar refractivity (Wildman–Crippen MR) is 99.6 cm³/mol. The van der Waals surface area contributed by atoms with E-state index in [1.807, 2.05) is 41.3 Å². The molecule has 0 spiro atoms. The minimum absolute atomic E-state index is 0.107. The van der Waals surface area contributed by atoms with E-state index in [-0.39, 0.29) is 5.91 Å². The third-order valence-electron chi connectivity index (χ3n) is 4.54. The first-order valence-corrected chi connectivity index (χ1v) is 8.61. The highest BCUT2D eigenvalue weighted by molar-refractivity contribution is 5.92. The number of hydrogen-bond acceptors (Lipinski definition) is 2. The highest BCUT2D eigenvalue weighted by Crippen LogP contribution is 2.20. The Kier molecular flexibility index (Phi) is 5.44. The van der Waals surface area contributed by atoms with Gasteiger partial charge in [0.05, 0.1) is 0 Å². The fourth-order valence-corrected chi connectivity index (χ4v) is 3.01. The summed E-state index contributed by atoms with van der Waals surface area (Å²) in [6, 6.07) is 18.6. The fraction of sp³-hybridized carbons (Fsp3) is 0.286. The Morgan fingerprint density at radius 2 is 1.67 bits per heavy atom. The first-order chi connectivity index (χ1) is 11.8. The van der Waals surface area contributed by atoms with Crippen molar-refractivity contribution in [2.75, 3.05) is 32.7 Å². The van der Waals surface area contributed by atoms with Gasteiger partial charge in [-0.2, -0.15) is 0 Å². The molecule has 0 N–H and O–H groups in total. The minimum atomic E-state index is 0.107. The standard InChI is InChI=1S/C21H24N2O/c1-2-22-13-15-23(16-14-22)21(24)12-11-18-7-6-10-20(17-18)19-8-4-3-5-9-19/h3-12,17H,2,13-16H2,1H3/b12-11+. The molecular formula is C21H24N2O. The minimum Gasteiger partial charge on any atom is -0.337 e. The van der Waals surface area contributed by atoms with Gasteiger partial charge < -0.3 is 9.80 Å². The summed E-state index contributed by atoms with van der Waals surface area (Å²) < 4.78 is 0. The highest BCUT2D eigenvalue weighted by atomic mass is 16.2. The van der Waals surface area contributed by atoms with E-state index in [4.69, 9.17) is 0 Å². The molecule has 0 atom stereocenters. The van der Waals surface area contributed by atoms with Crippen molar-refractivity contribution < 1.29 is 4.79 Å². The molecule has 0 radical (unpaired) electrons. The van der Waals surface area contributed by atoms with Crippen LogP contribution in [0.4, 0.5) is 0 Å². The Morgan fingerprint density at radius 1 is 0.958 bits per heavy atom. The van der Waals surface area contributed by atoms with Gasteiger partial charge in [0.15, 0.2) is 0 Å². The molecule has 1 heterocycles. The van der Waals surface area contributed by atoms with Crippen LogP contribution in [0.2, 0.25) is 0 Å². The Labute approximate surface area is 144 Å². The molecular weight excluding hydrogens is 296 g/mol. The Morgan fingerprint density at radius 3 is 2.38 bits per heavy atom. The molecule has 0 bridgehead atoms. The molecule has 2 aromatic rings. The topological polar surface area (TPSA) is 23.6 Å². The molecule has 3 heteroatoms. The van der Waals surface area contributed by atoms with Crippen LogP contribution in [-0.2, 0) is 4.79 Å². The number of amides is 1. The number of carbonyl (C=O) groups excluding carboxylic acids is 1. The van der Waals surface area contributed by atoms with E-state index in [0.29, 0.717) is 0 Å². The van der Waals surface area contributed by atoms with Gasteiger partial charge in [0.1, 0.15) is 0 Å². The number of hydrogen-bond donors (Lipinski definition) is 0. The van der Waals surface area contributed by atoms with Crippen LogP contribution in [0.5, 0.6) is 0 Å². The molecule has 3 nitrogen and oxygen atoms in total. The van der Waals surface area contributed by atoms with Crippen molar-refractivity contribution in [1.29, 1.82) is 0 Å². The molecule has 1 amide bonds. The lowest BCUT2D eigenvalue weighted by Gasteiger charge is -2.33. The summed E-state index contributed by atoms with van der Waals surface area (Å²) >= 11 is 0. The Hall–Kier alpha value is -2.39. The van der Waals surface area contributed by atoms with E-state index in [1.54, 1.807) is 6.08 Å². The van der Waals surface area contributed by atoms with Gasteiger partial charge in [0.2, 0.25) is 5.91 Å². The summed E-state index contributed by atoms with van der Waals surface area (Å²) in [5.41, 5.74) is 3.41. The van der Waals surface area contributed by atoms with Crippen LogP contribution >= 0.6 is 0 Å². The van der Waals surface area contributed by atoms with Gasteiger partial charge in [0.25, 0.3) is 0 Å². The van der Waals surface area contributed by atoms with Crippen LogP contribution < -0.4 is 0 Å². The number of carbonyl (C=O) groups is 1. The Balaban J connectivity index is 1.65. The molecule has 1 aliphatic rings. The number of likely N-dealkylation sites (N-methyl/N-ethyl adjacent to an activating group) is 1. The molecule has 1 saturated heterocycles. The molecule has 0 aromatic heterocycles.